The average Bonchev–Trinajstić information content (AvgIpc) is 2.27. The summed E-state index contributed by atoms with van der Waals surface area (Å²) in [5.74, 6) is 2.79. The molecule has 0 bridgehead atoms. The van der Waals surface area contributed by atoms with E-state index < -0.39 is 0 Å². The number of aryl methyl sites for hydroxylation is 1. The third-order valence-corrected chi connectivity index (χ3v) is 2.57. The smallest absolute Gasteiger partial charge is 0.134 e. The number of nitrogens with zero attached hydrogens (tertiary/aromatic N) is 3. The van der Waals surface area contributed by atoms with E-state index in [9.17, 15) is 0 Å². The highest BCUT2D eigenvalue weighted by Gasteiger charge is 2.09. The molecule has 0 saturated heterocycles. The molecule has 0 aliphatic rings. The minimum atomic E-state index is 0.439. The standard InChI is InChI=1S/C12H22N4/c1-6-10-14-11(13-7-2)8-12(15-10)16(5)9(3)4/h8-9H,6-7H2,1-5H3,(H,13,14,15). The largest absolute Gasteiger partial charge is 0.370 e. The molecule has 1 rings (SSSR count). The van der Waals surface area contributed by atoms with Gasteiger partial charge < -0.3 is 10.2 Å². The van der Waals surface area contributed by atoms with Crippen LogP contribution in [0.1, 0.15) is 33.5 Å². The van der Waals surface area contributed by atoms with Gasteiger partial charge in [0.15, 0.2) is 0 Å². The number of aromatic nitrogens is 2. The van der Waals surface area contributed by atoms with Crippen LogP contribution in [-0.4, -0.2) is 29.6 Å². The van der Waals surface area contributed by atoms with Crippen LogP contribution in [0.3, 0.4) is 0 Å². The molecule has 0 amide bonds. The number of hydrogen-bond donors (Lipinski definition) is 1. The fourth-order valence-electron chi connectivity index (χ4n) is 1.36. The lowest BCUT2D eigenvalue weighted by Gasteiger charge is -2.23. The van der Waals surface area contributed by atoms with Gasteiger partial charge in [-0.15, -0.1) is 0 Å². The van der Waals surface area contributed by atoms with Gasteiger partial charge in [-0.25, -0.2) is 9.97 Å². The summed E-state index contributed by atoms with van der Waals surface area (Å²) in [5.41, 5.74) is 0. The van der Waals surface area contributed by atoms with E-state index in [1.807, 2.05) is 6.07 Å². The van der Waals surface area contributed by atoms with Crippen molar-refractivity contribution in [1.82, 2.24) is 9.97 Å². The summed E-state index contributed by atoms with van der Waals surface area (Å²) in [7, 11) is 2.06. The molecule has 0 aromatic carbocycles. The summed E-state index contributed by atoms with van der Waals surface area (Å²) >= 11 is 0. The zero-order chi connectivity index (χ0) is 12.1. The molecule has 1 aromatic rings. The first-order chi connectivity index (χ1) is 7.58. The van der Waals surface area contributed by atoms with Crippen molar-refractivity contribution in [1.29, 1.82) is 0 Å². The number of anilines is 2. The Kier molecular flexibility index (Phi) is 4.52. The molecule has 0 aliphatic carbocycles. The van der Waals surface area contributed by atoms with Crippen LogP contribution in [0.5, 0.6) is 0 Å². The number of nitrogens with one attached hydrogen (secondary N) is 1. The van der Waals surface area contributed by atoms with Crippen molar-refractivity contribution in [3.63, 3.8) is 0 Å². The molecule has 1 heterocycles. The summed E-state index contributed by atoms with van der Waals surface area (Å²) in [6.07, 6.45) is 0.859. The van der Waals surface area contributed by atoms with Gasteiger partial charge in [-0.2, -0.15) is 0 Å². The number of rotatable bonds is 5. The molecule has 0 radical (unpaired) electrons. The van der Waals surface area contributed by atoms with Gasteiger partial charge in [0.2, 0.25) is 0 Å². The monoisotopic (exact) mass is 222 g/mol. The van der Waals surface area contributed by atoms with Crippen LogP contribution >= 0.6 is 0 Å². The van der Waals surface area contributed by atoms with Crippen LogP contribution in [0, 0.1) is 0 Å². The maximum Gasteiger partial charge on any atom is 0.134 e. The van der Waals surface area contributed by atoms with Crippen LogP contribution < -0.4 is 10.2 Å². The van der Waals surface area contributed by atoms with E-state index >= 15 is 0 Å². The van der Waals surface area contributed by atoms with E-state index in [1.54, 1.807) is 0 Å². The highest BCUT2D eigenvalue weighted by atomic mass is 15.2. The highest BCUT2D eigenvalue weighted by Crippen LogP contribution is 2.16. The predicted molar refractivity (Wildman–Crippen MR) is 69.1 cm³/mol. The van der Waals surface area contributed by atoms with E-state index in [-0.39, 0.29) is 0 Å². The SMILES string of the molecule is CCNc1cc(N(C)C(C)C)nc(CC)n1. The molecule has 90 valence electrons. The van der Waals surface area contributed by atoms with E-state index in [4.69, 9.17) is 0 Å². The first kappa shape index (κ1) is 12.7. The van der Waals surface area contributed by atoms with Gasteiger partial charge >= 0.3 is 0 Å². The molecule has 0 spiro atoms. The molecule has 4 heteroatoms. The van der Waals surface area contributed by atoms with Crippen LogP contribution in [0.25, 0.3) is 0 Å². The molecule has 1 N–H and O–H groups in total. The van der Waals surface area contributed by atoms with Gasteiger partial charge in [0.1, 0.15) is 17.5 Å². The van der Waals surface area contributed by atoms with Gasteiger partial charge in [0, 0.05) is 32.1 Å². The summed E-state index contributed by atoms with van der Waals surface area (Å²) in [5, 5.41) is 3.24. The highest BCUT2D eigenvalue weighted by molar-refractivity contribution is 5.49. The second-order valence-corrected chi connectivity index (χ2v) is 4.12. The predicted octanol–water partition coefficient (Wildman–Crippen LogP) is 2.32. The summed E-state index contributed by atoms with van der Waals surface area (Å²) in [6, 6.07) is 2.44. The lowest BCUT2D eigenvalue weighted by molar-refractivity contribution is 0.736. The van der Waals surface area contributed by atoms with Gasteiger partial charge in [0.25, 0.3) is 0 Å². The van der Waals surface area contributed by atoms with Gasteiger partial charge in [-0.3, -0.25) is 0 Å². The second kappa shape index (κ2) is 5.68. The maximum absolute atomic E-state index is 4.53. The molecule has 0 saturated carbocycles. The minimum absolute atomic E-state index is 0.439. The Hall–Kier alpha value is -1.32. The van der Waals surface area contributed by atoms with E-state index in [0.717, 1.165) is 30.4 Å². The topological polar surface area (TPSA) is 41.0 Å². The molecule has 4 nitrogen and oxygen atoms in total. The first-order valence-electron chi connectivity index (χ1n) is 5.93. The van der Waals surface area contributed by atoms with Crippen molar-refractivity contribution in [2.75, 3.05) is 23.8 Å². The average molecular weight is 222 g/mol. The second-order valence-electron chi connectivity index (χ2n) is 4.12. The molecular formula is C12H22N4. The fraction of sp³-hybridized carbons (Fsp3) is 0.667. The van der Waals surface area contributed by atoms with Crippen molar-refractivity contribution in [3.8, 4) is 0 Å². The third kappa shape index (κ3) is 3.08. The Labute approximate surface area is 98.1 Å². The third-order valence-electron chi connectivity index (χ3n) is 2.57. The molecule has 0 unspecified atom stereocenters. The van der Waals surface area contributed by atoms with Crippen molar-refractivity contribution < 1.29 is 0 Å². The van der Waals surface area contributed by atoms with Gasteiger partial charge in [0.05, 0.1) is 0 Å². The summed E-state index contributed by atoms with van der Waals surface area (Å²) in [6.45, 7) is 9.33. The van der Waals surface area contributed by atoms with Crippen LogP contribution in [0.15, 0.2) is 6.07 Å². The Morgan fingerprint density at radius 1 is 1.31 bits per heavy atom. The molecule has 0 aliphatic heterocycles. The van der Waals surface area contributed by atoms with E-state index in [2.05, 4.69) is 54.9 Å². The Balaban J connectivity index is 3.03. The molecular weight excluding hydrogens is 200 g/mol. The first-order valence-corrected chi connectivity index (χ1v) is 5.93. The van der Waals surface area contributed by atoms with Crippen LogP contribution in [0.4, 0.5) is 11.6 Å². The minimum Gasteiger partial charge on any atom is -0.370 e. The summed E-state index contributed by atoms with van der Waals surface area (Å²) < 4.78 is 0. The molecule has 0 fully saturated rings. The Morgan fingerprint density at radius 3 is 2.50 bits per heavy atom. The lowest BCUT2D eigenvalue weighted by Crippen LogP contribution is -2.27. The molecule has 16 heavy (non-hydrogen) atoms. The maximum atomic E-state index is 4.53. The molecule has 0 atom stereocenters. The van der Waals surface area contributed by atoms with Crippen molar-refractivity contribution in [2.45, 2.75) is 40.2 Å². The fourth-order valence-corrected chi connectivity index (χ4v) is 1.36. The van der Waals surface area contributed by atoms with Crippen molar-refractivity contribution in [3.05, 3.63) is 11.9 Å². The Morgan fingerprint density at radius 2 is 2.00 bits per heavy atom. The van der Waals surface area contributed by atoms with Crippen LogP contribution in [0.2, 0.25) is 0 Å². The lowest BCUT2D eigenvalue weighted by atomic mass is 10.3. The van der Waals surface area contributed by atoms with E-state index in [0.29, 0.717) is 6.04 Å². The zero-order valence-corrected chi connectivity index (χ0v) is 10.9. The van der Waals surface area contributed by atoms with Gasteiger partial charge in [-0.05, 0) is 20.8 Å². The quantitative estimate of drug-likeness (QED) is 0.830. The zero-order valence-electron chi connectivity index (χ0n) is 10.9. The van der Waals surface area contributed by atoms with Gasteiger partial charge in [-0.1, -0.05) is 6.92 Å². The Bertz CT molecular complexity index is 336. The summed E-state index contributed by atoms with van der Waals surface area (Å²) in [4.78, 5) is 11.1. The number of hydrogen-bond acceptors (Lipinski definition) is 4. The molecule has 1 aromatic heterocycles. The van der Waals surface area contributed by atoms with Crippen LogP contribution in [-0.2, 0) is 6.42 Å². The van der Waals surface area contributed by atoms with Crippen molar-refractivity contribution >= 4 is 11.6 Å². The van der Waals surface area contributed by atoms with Crippen molar-refractivity contribution in [2.24, 2.45) is 0 Å². The van der Waals surface area contributed by atoms with E-state index in [1.165, 1.54) is 0 Å². The normalized spacial score (nSPS) is 10.6.